The van der Waals surface area contributed by atoms with Crippen molar-refractivity contribution in [1.29, 1.82) is 0 Å². The maximum Gasteiger partial charge on any atom is 0.260 e. The van der Waals surface area contributed by atoms with Gasteiger partial charge in [-0.1, -0.05) is 32.6 Å². The average Bonchev–Trinajstić information content (AvgIpc) is 2.86. The number of hydrogen-bond acceptors (Lipinski definition) is 1. The Hall–Kier alpha value is -1.52. The second kappa shape index (κ2) is 12.6. The molecule has 0 N–H and O–H groups in total. The lowest BCUT2D eigenvalue weighted by atomic mass is 9.64. The third-order valence-electron chi connectivity index (χ3n) is 9.41. The van der Waals surface area contributed by atoms with E-state index in [0.29, 0.717) is 17.9 Å². The van der Waals surface area contributed by atoms with Crippen molar-refractivity contribution in [3.63, 3.8) is 0 Å². The molecule has 1 aromatic rings. The van der Waals surface area contributed by atoms with Gasteiger partial charge >= 0.3 is 0 Å². The summed E-state index contributed by atoms with van der Waals surface area (Å²) in [5.41, 5.74) is 0.658. The molecule has 196 valence electrons. The lowest BCUT2D eigenvalue weighted by Crippen LogP contribution is -2.29. The molecular formula is C30H42F4O. The summed E-state index contributed by atoms with van der Waals surface area (Å²) in [6, 6.07) is 2.64. The van der Waals surface area contributed by atoms with Crippen molar-refractivity contribution in [2.24, 2.45) is 29.6 Å². The summed E-state index contributed by atoms with van der Waals surface area (Å²) >= 11 is 0. The third-order valence-corrected chi connectivity index (χ3v) is 9.41. The van der Waals surface area contributed by atoms with E-state index in [9.17, 15) is 17.6 Å². The molecule has 0 unspecified atom stereocenters. The Morgan fingerprint density at radius 3 is 1.69 bits per heavy atom. The lowest BCUT2D eigenvalue weighted by Gasteiger charge is -2.41. The van der Waals surface area contributed by atoms with Crippen molar-refractivity contribution in [3.05, 3.63) is 41.7 Å². The second-order valence-electron chi connectivity index (χ2n) is 11.5. The van der Waals surface area contributed by atoms with Gasteiger partial charge < -0.3 is 4.74 Å². The molecule has 0 aliphatic heterocycles. The molecule has 0 aromatic heterocycles. The Morgan fingerprint density at radius 2 is 1.23 bits per heavy atom. The Morgan fingerprint density at radius 1 is 0.771 bits per heavy atom. The first-order valence-electron chi connectivity index (χ1n) is 14.0. The average molecular weight is 495 g/mol. The summed E-state index contributed by atoms with van der Waals surface area (Å²) in [6.07, 6.45) is 16.6. The van der Waals surface area contributed by atoms with Gasteiger partial charge in [0.15, 0.2) is 17.4 Å². The Balaban J connectivity index is 1.23. The van der Waals surface area contributed by atoms with Crippen LogP contribution in [0.3, 0.4) is 0 Å². The molecule has 3 saturated carbocycles. The smallest absolute Gasteiger partial charge is 0.260 e. The molecule has 1 aromatic carbocycles. The summed E-state index contributed by atoms with van der Waals surface area (Å²) in [5.74, 6) is 2.31. The fourth-order valence-electron chi connectivity index (χ4n) is 7.46. The molecule has 5 heteroatoms. The molecule has 35 heavy (non-hydrogen) atoms. The van der Waals surface area contributed by atoms with Crippen LogP contribution >= 0.6 is 0 Å². The van der Waals surface area contributed by atoms with Gasteiger partial charge in [0.1, 0.15) is 0 Å². The van der Waals surface area contributed by atoms with Crippen molar-refractivity contribution >= 4 is 0 Å². The van der Waals surface area contributed by atoms with Gasteiger partial charge in [-0.15, -0.1) is 0 Å². The van der Waals surface area contributed by atoms with Crippen molar-refractivity contribution in [2.45, 2.75) is 109 Å². The Labute approximate surface area is 208 Å². The minimum Gasteiger partial charge on any atom is -0.459 e. The number of alkyl halides is 2. The van der Waals surface area contributed by atoms with E-state index >= 15 is 0 Å². The summed E-state index contributed by atoms with van der Waals surface area (Å²) in [5, 5.41) is 0. The zero-order valence-electron chi connectivity index (χ0n) is 21.2. The van der Waals surface area contributed by atoms with Crippen LogP contribution in [0.25, 0.3) is 0 Å². The number of hydrogen-bond donors (Lipinski definition) is 0. The van der Waals surface area contributed by atoms with Crippen molar-refractivity contribution in [1.82, 2.24) is 0 Å². The molecule has 0 heterocycles. The first-order valence-corrected chi connectivity index (χ1v) is 14.0. The first-order chi connectivity index (χ1) is 16.9. The highest BCUT2D eigenvalue weighted by Gasteiger charge is 2.35. The van der Waals surface area contributed by atoms with E-state index in [1.54, 1.807) is 0 Å². The van der Waals surface area contributed by atoms with Crippen LogP contribution in [0.5, 0.6) is 5.75 Å². The fourth-order valence-corrected chi connectivity index (χ4v) is 7.46. The molecule has 0 bridgehead atoms. The molecule has 0 spiro atoms. The van der Waals surface area contributed by atoms with Crippen molar-refractivity contribution < 1.29 is 22.3 Å². The quantitative estimate of drug-likeness (QED) is 0.258. The molecule has 3 fully saturated rings. The predicted molar refractivity (Wildman–Crippen MR) is 133 cm³/mol. The first kappa shape index (κ1) is 26.5. The van der Waals surface area contributed by atoms with Crippen molar-refractivity contribution in [2.75, 3.05) is 0 Å². The van der Waals surface area contributed by atoms with Gasteiger partial charge in [-0.3, -0.25) is 0 Å². The van der Waals surface area contributed by atoms with Crippen LogP contribution in [0.1, 0.15) is 108 Å². The van der Waals surface area contributed by atoms with Gasteiger partial charge in [-0.25, -0.2) is 17.6 Å². The Kier molecular flexibility index (Phi) is 9.58. The van der Waals surface area contributed by atoms with Gasteiger partial charge in [-0.2, -0.15) is 0 Å². The maximum atomic E-state index is 14.4. The van der Waals surface area contributed by atoms with E-state index < -0.39 is 23.8 Å². The van der Waals surface area contributed by atoms with Crippen LogP contribution in [0.4, 0.5) is 17.6 Å². The molecule has 0 radical (unpaired) electrons. The lowest BCUT2D eigenvalue weighted by molar-refractivity contribution is 0.109. The summed E-state index contributed by atoms with van der Waals surface area (Å²) in [6.45, 7) is 2.31. The number of allylic oxidation sites excluding steroid dienone is 1. The van der Waals surface area contributed by atoms with Gasteiger partial charge in [0.2, 0.25) is 0 Å². The molecule has 3 aliphatic rings. The van der Waals surface area contributed by atoms with E-state index in [0.717, 1.165) is 55.3 Å². The number of benzene rings is 1. The summed E-state index contributed by atoms with van der Waals surface area (Å²) < 4.78 is 58.0. The number of ether oxygens (including phenoxy) is 1. The maximum absolute atomic E-state index is 14.4. The molecular weight excluding hydrogens is 452 g/mol. The van der Waals surface area contributed by atoms with Crippen LogP contribution < -0.4 is 4.74 Å². The van der Waals surface area contributed by atoms with Gasteiger partial charge in [0.05, 0.1) is 6.26 Å². The van der Waals surface area contributed by atoms with E-state index in [1.165, 1.54) is 76.3 Å². The van der Waals surface area contributed by atoms with E-state index in [4.69, 9.17) is 4.74 Å². The molecule has 4 rings (SSSR count). The van der Waals surface area contributed by atoms with Crippen LogP contribution in [0.15, 0.2) is 24.5 Å². The van der Waals surface area contributed by atoms with Crippen LogP contribution in [0, 0.1) is 41.2 Å². The summed E-state index contributed by atoms with van der Waals surface area (Å²) in [4.78, 5) is 0. The van der Waals surface area contributed by atoms with Gasteiger partial charge in [0, 0.05) is 6.08 Å². The fraction of sp³-hybridized carbons (Fsp3) is 0.733. The van der Waals surface area contributed by atoms with Crippen LogP contribution in [-0.4, -0.2) is 6.43 Å². The monoisotopic (exact) mass is 494 g/mol. The minimum absolute atomic E-state index is 0.149. The predicted octanol–water partition coefficient (Wildman–Crippen LogP) is 9.81. The highest BCUT2D eigenvalue weighted by atomic mass is 19.3. The third kappa shape index (κ3) is 7.04. The summed E-state index contributed by atoms with van der Waals surface area (Å²) in [7, 11) is 0. The number of rotatable bonds is 8. The van der Waals surface area contributed by atoms with Crippen LogP contribution in [0.2, 0.25) is 0 Å². The molecule has 3 aliphatic carbocycles. The minimum atomic E-state index is -2.73. The highest BCUT2D eigenvalue weighted by Crippen LogP contribution is 2.47. The standard InChI is InChI=1S/C30H42F4O/c1-2-3-20-4-6-21(7-5-20)22-8-10-23(11-9-22)24-12-14-25(15-13-24)26-18-27(31)30(28(32)19-26)35-17-16-29(33)34/h16-25,29H,2-15H2,1H3/b17-16+. The number of halogens is 4. The second-order valence-corrected chi connectivity index (χ2v) is 11.5. The van der Waals surface area contributed by atoms with E-state index in [1.807, 2.05) is 0 Å². The Bertz CT molecular complexity index is 791. The van der Waals surface area contributed by atoms with Gasteiger partial charge in [0.25, 0.3) is 6.43 Å². The van der Waals surface area contributed by atoms with Gasteiger partial charge in [-0.05, 0) is 117 Å². The topological polar surface area (TPSA) is 9.23 Å². The van der Waals surface area contributed by atoms with E-state index in [2.05, 4.69) is 6.92 Å². The highest BCUT2D eigenvalue weighted by molar-refractivity contribution is 5.34. The van der Waals surface area contributed by atoms with Crippen molar-refractivity contribution in [3.8, 4) is 5.75 Å². The molecule has 0 atom stereocenters. The zero-order valence-corrected chi connectivity index (χ0v) is 21.2. The molecule has 0 amide bonds. The molecule has 0 saturated heterocycles. The molecule has 1 nitrogen and oxygen atoms in total. The van der Waals surface area contributed by atoms with E-state index in [-0.39, 0.29) is 5.92 Å². The zero-order chi connectivity index (χ0) is 24.8. The SMILES string of the molecule is CCCC1CCC(C2CCC(C3CCC(c4cc(F)c(O/C=C/C(F)F)c(F)c4)CC3)CC2)CC1. The van der Waals surface area contributed by atoms with Crippen LogP contribution in [-0.2, 0) is 0 Å². The normalized spacial score (nSPS) is 32.3. The largest absolute Gasteiger partial charge is 0.459 e.